The Bertz CT molecular complexity index is 1130. The molecule has 0 aliphatic heterocycles. The van der Waals surface area contributed by atoms with Crippen molar-refractivity contribution in [2.45, 2.75) is 19.9 Å². The van der Waals surface area contributed by atoms with Crippen molar-refractivity contribution in [3.05, 3.63) is 94.3 Å². The lowest BCUT2D eigenvalue weighted by atomic mass is 10.1. The van der Waals surface area contributed by atoms with Gasteiger partial charge in [-0.1, -0.05) is 54.1 Å². The minimum atomic E-state index is -0.118. The molecule has 0 radical (unpaired) electrons. The van der Waals surface area contributed by atoms with Crippen molar-refractivity contribution in [3.8, 4) is 0 Å². The molecule has 28 heavy (non-hydrogen) atoms. The van der Waals surface area contributed by atoms with E-state index >= 15 is 0 Å². The van der Waals surface area contributed by atoms with Crippen LogP contribution in [0.4, 0.5) is 0 Å². The molecule has 0 bridgehead atoms. The molecule has 0 aliphatic rings. The third kappa shape index (κ3) is 3.69. The van der Waals surface area contributed by atoms with Crippen LogP contribution in [0.1, 0.15) is 27.2 Å². The maximum absolute atomic E-state index is 12.9. The molecule has 2 aromatic carbocycles. The molecule has 0 saturated carbocycles. The molecule has 0 fully saturated rings. The van der Waals surface area contributed by atoms with Gasteiger partial charge in [0.2, 0.25) is 0 Å². The van der Waals surface area contributed by atoms with Crippen molar-refractivity contribution in [2.75, 3.05) is 6.54 Å². The summed E-state index contributed by atoms with van der Waals surface area (Å²) >= 11 is 6.20. The Morgan fingerprint density at radius 2 is 1.82 bits per heavy atom. The van der Waals surface area contributed by atoms with Gasteiger partial charge in [0.25, 0.3) is 5.91 Å². The van der Waals surface area contributed by atoms with Crippen molar-refractivity contribution in [3.63, 3.8) is 0 Å². The number of rotatable bonds is 6. The van der Waals surface area contributed by atoms with Crippen molar-refractivity contribution in [1.29, 1.82) is 0 Å². The summed E-state index contributed by atoms with van der Waals surface area (Å²) in [5, 5.41) is 3.73. The van der Waals surface area contributed by atoms with Gasteiger partial charge in [-0.3, -0.25) is 4.79 Å². The Hall–Kier alpha value is -2.98. The van der Waals surface area contributed by atoms with Gasteiger partial charge in [0.05, 0.1) is 11.8 Å². The van der Waals surface area contributed by atoms with Crippen LogP contribution in [0.25, 0.3) is 11.1 Å². The van der Waals surface area contributed by atoms with E-state index in [9.17, 15) is 4.79 Å². The zero-order valence-corrected chi connectivity index (χ0v) is 16.4. The van der Waals surface area contributed by atoms with E-state index in [1.54, 1.807) is 12.3 Å². The second-order valence-electron chi connectivity index (χ2n) is 6.81. The van der Waals surface area contributed by atoms with Crippen LogP contribution in [0.15, 0.2) is 71.3 Å². The number of nitrogens with zero attached hydrogens (tertiary/aromatic N) is 1. The number of carbonyl (C=O) groups is 1. The topological polar surface area (TPSA) is 47.2 Å². The second kappa shape index (κ2) is 7.95. The molecule has 5 heteroatoms. The summed E-state index contributed by atoms with van der Waals surface area (Å²) in [6, 6.07) is 19.6. The van der Waals surface area contributed by atoms with Gasteiger partial charge in [0.1, 0.15) is 5.69 Å². The lowest BCUT2D eigenvalue weighted by Gasteiger charge is -2.12. The lowest BCUT2D eigenvalue weighted by molar-refractivity contribution is 0.0945. The number of halogens is 1. The Balaban J connectivity index is 1.54. The number of aromatic nitrogens is 1. The van der Waals surface area contributed by atoms with E-state index in [0.29, 0.717) is 30.8 Å². The summed E-state index contributed by atoms with van der Waals surface area (Å²) in [7, 11) is 0. The summed E-state index contributed by atoms with van der Waals surface area (Å²) in [5.41, 5.74) is 5.61. The number of carbonyl (C=O) groups excluding carboxylic acids is 1. The fraction of sp³-hybridized carbons (Fsp3) is 0.174. The molecule has 2 aromatic heterocycles. The molecule has 0 saturated heterocycles. The number of furan rings is 1. The number of aryl methyl sites for hydroxylation is 1. The van der Waals surface area contributed by atoms with Gasteiger partial charge in [-0.25, -0.2) is 0 Å². The second-order valence-corrected chi connectivity index (χ2v) is 7.22. The summed E-state index contributed by atoms with van der Waals surface area (Å²) in [5.74, 6) is -0.118. The first-order valence-corrected chi connectivity index (χ1v) is 9.64. The zero-order chi connectivity index (χ0) is 19.5. The van der Waals surface area contributed by atoms with E-state index in [2.05, 4.69) is 24.4 Å². The average molecular weight is 393 g/mol. The molecule has 2 heterocycles. The molecule has 0 atom stereocenters. The fourth-order valence-corrected chi connectivity index (χ4v) is 3.63. The summed E-state index contributed by atoms with van der Waals surface area (Å²) in [4.78, 5) is 12.9. The van der Waals surface area contributed by atoms with E-state index in [1.165, 1.54) is 11.1 Å². The number of nitrogens with one attached hydrogen (secondary N) is 1. The van der Waals surface area contributed by atoms with E-state index < -0.39 is 0 Å². The molecule has 1 amide bonds. The highest BCUT2D eigenvalue weighted by Crippen LogP contribution is 2.23. The zero-order valence-electron chi connectivity index (χ0n) is 15.6. The number of hydrogen-bond acceptors (Lipinski definition) is 2. The first-order valence-electron chi connectivity index (χ1n) is 9.26. The lowest BCUT2D eigenvalue weighted by Crippen LogP contribution is -2.28. The van der Waals surface area contributed by atoms with Gasteiger partial charge in [-0.05, 0) is 36.1 Å². The predicted molar refractivity (Wildman–Crippen MR) is 112 cm³/mol. The molecule has 0 aliphatic carbocycles. The Morgan fingerprint density at radius 1 is 1.07 bits per heavy atom. The molecular weight excluding hydrogens is 372 g/mol. The van der Waals surface area contributed by atoms with E-state index in [-0.39, 0.29) is 5.91 Å². The van der Waals surface area contributed by atoms with Crippen LogP contribution in [-0.2, 0) is 13.0 Å². The molecule has 4 nitrogen and oxygen atoms in total. The highest BCUT2D eigenvalue weighted by atomic mass is 35.5. The van der Waals surface area contributed by atoms with Gasteiger partial charge in [-0.2, -0.15) is 0 Å². The van der Waals surface area contributed by atoms with Gasteiger partial charge < -0.3 is 14.3 Å². The van der Waals surface area contributed by atoms with Crippen LogP contribution >= 0.6 is 11.6 Å². The Kier molecular flexibility index (Phi) is 5.22. The number of hydrogen-bond donors (Lipinski definition) is 1. The van der Waals surface area contributed by atoms with Gasteiger partial charge in [-0.15, -0.1) is 0 Å². The van der Waals surface area contributed by atoms with Crippen LogP contribution in [0.3, 0.4) is 0 Å². The van der Waals surface area contributed by atoms with E-state index in [1.807, 2.05) is 47.0 Å². The number of amides is 1. The highest BCUT2D eigenvalue weighted by Gasteiger charge is 2.18. The van der Waals surface area contributed by atoms with E-state index in [0.717, 1.165) is 16.1 Å². The standard InChI is InChI=1S/C23H21ClN2O2/c1-16-6-2-3-8-18(16)15-26-20-11-13-28-22(20)14-21(26)23(27)25-12-10-17-7-4-5-9-19(17)24/h2-9,11,13-14H,10,12,15H2,1H3,(H,25,27). The predicted octanol–water partition coefficient (Wildman–Crippen LogP) is 5.22. The Labute approximate surface area is 168 Å². The van der Waals surface area contributed by atoms with Gasteiger partial charge in [0.15, 0.2) is 5.58 Å². The van der Waals surface area contributed by atoms with Crippen LogP contribution in [0, 0.1) is 6.92 Å². The average Bonchev–Trinajstić information content (AvgIpc) is 3.27. The summed E-state index contributed by atoms with van der Waals surface area (Å²) in [6.45, 7) is 3.21. The number of fused-ring (bicyclic) bond motifs is 1. The Morgan fingerprint density at radius 3 is 2.61 bits per heavy atom. The maximum atomic E-state index is 12.9. The van der Waals surface area contributed by atoms with Crippen LogP contribution in [0.2, 0.25) is 5.02 Å². The molecular formula is C23H21ClN2O2. The largest absolute Gasteiger partial charge is 0.463 e. The molecule has 4 aromatic rings. The SMILES string of the molecule is Cc1ccccc1Cn1c(C(=O)NCCc2ccccc2Cl)cc2occc21. The monoisotopic (exact) mass is 392 g/mol. The third-order valence-electron chi connectivity index (χ3n) is 4.98. The number of benzene rings is 2. The molecule has 1 N–H and O–H groups in total. The third-order valence-corrected chi connectivity index (χ3v) is 5.35. The first-order chi connectivity index (χ1) is 13.6. The normalized spacial score (nSPS) is 11.1. The maximum Gasteiger partial charge on any atom is 0.268 e. The molecule has 0 spiro atoms. The quantitative estimate of drug-likeness (QED) is 0.489. The van der Waals surface area contributed by atoms with Gasteiger partial charge >= 0.3 is 0 Å². The summed E-state index contributed by atoms with van der Waals surface area (Å²) < 4.78 is 7.53. The fourth-order valence-electron chi connectivity index (χ4n) is 3.40. The van der Waals surface area contributed by atoms with E-state index in [4.69, 9.17) is 16.0 Å². The summed E-state index contributed by atoms with van der Waals surface area (Å²) in [6.07, 6.45) is 2.33. The van der Waals surface area contributed by atoms with Crippen LogP contribution in [0.5, 0.6) is 0 Å². The molecule has 4 rings (SSSR count). The van der Waals surface area contributed by atoms with Crippen LogP contribution < -0.4 is 5.32 Å². The highest BCUT2D eigenvalue weighted by molar-refractivity contribution is 6.31. The van der Waals surface area contributed by atoms with Crippen LogP contribution in [-0.4, -0.2) is 17.0 Å². The minimum absolute atomic E-state index is 0.118. The minimum Gasteiger partial charge on any atom is -0.463 e. The molecule has 0 unspecified atom stereocenters. The molecule has 142 valence electrons. The first kappa shape index (κ1) is 18.4. The van der Waals surface area contributed by atoms with Crippen molar-refractivity contribution in [1.82, 2.24) is 9.88 Å². The smallest absolute Gasteiger partial charge is 0.268 e. The van der Waals surface area contributed by atoms with Crippen molar-refractivity contribution < 1.29 is 9.21 Å². The van der Waals surface area contributed by atoms with Gasteiger partial charge in [0, 0.05) is 30.2 Å². The van der Waals surface area contributed by atoms with Crippen molar-refractivity contribution in [2.24, 2.45) is 0 Å². The van der Waals surface area contributed by atoms with Crippen molar-refractivity contribution >= 4 is 28.6 Å².